The zero-order valence-corrected chi connectivity index (χ0v) is 11.2. The lowest BCUT2D eigenvalue weighted by atomic mass is 10.0. The first-order valence-corrected chi connectivity index (χ1v) is 6.62. The molecule has 2 aromatic rings. The lowest BCUT2D eigenvalue weighted by Gasteiger charge is -2.06. The highest BCUT2D eigenvalue weighted by molar-refractivity contribution is 6.99. The second-order valence-corrected chi connectivity index (χ2v) is 4.80. The molecule has 0 atom stereocenters. The van der Waals surface area contributed by atoms with E-state index in [0.717, 1.165) is 23.6 Å². The summed E-state index contributed by atoms with van der Waals surface area (Å²) in [7, 11) is 0. The molecule has 17 heavy (non-hydrogen) atoms. The van der Waals surface area contributed by atoms with E-state index in [0.29, 0.717) is 5.92 Å². The van der Waals surface area contributed by atoms with Crippen molar-refractivity contribution in [2.45, 2.75) is 26.7 Å². The Morgan fingerprint density at radius 3 is 2.47 bits per heavy atom. The van der Waals surface area contributed by atoms with Gasteiger partial charge in [0.2, 0.25) is 0 Å². The molecule has 0 aliphatic carbocycles. The second-order valence-electron chi connectivity index (χ2n) is 4.27. The van der Waals surface area contributed by atoms with Crippen LogP contribution in [0.2, 0.25) is 0 Å². The summed E-state index contributed by atoms with van der Waals surface area (Å²) < 4.78 is 8.61. The molecule has 0 saturated carbocycles. The van der Waals surface area contributed by atoms with Gasteiger partial charge in [0.25, 0.3) is 0 Å². The van der Waals surface area contributed by atoms with Gasteiger partial charge in [0.05, 0.1) is 11.7 Å². The monoisotopic (exact) mass is 247 g/mol. The number of anilines is 1. The summed E-state index contributed by atoms with van der Waals surface area (Å²) >= 11 is 1.25. The van der Waals surface area contributed by atoms with E-state index in [1.54, 1.807) is 0 Å². The fraction of sp³-hybridized carbons (Fsp3) is 0.385. The Hall–Kier alpha value is -1.42. The molecule has 0 fully saturated rings. The van der Waals surface area contributed by atoms with Gasteiger partial charge in [-0.3, -0.25) is 0 Å². The summed E-state index contributed by atoms with van der Waals surface area (Å²) in [5.74, 6) is 1.45. The standard InChI is InChI=1S/C13H17N3S/c1-4-14-13-12(15-17-16-13)11-7-5-10(6-8-11)9(2)3/h5-9H,4H2,1-3H3,(H,14,16). The van der Waals surface area contributed by atoms with E-state index in [9.17, 15) is 0 Å². The average Bonchev–Trinajstić information content (AvgIpc) is 2.78. The lowest BCUT2D eigenvalue weighted by Crippen LogP contribution is -1.98. The topological polar surface area (TPSA) is 37.8 Å². The van der Waals surface area contributed by atoms with Crippen LogP contribution in [0.3, 0.4) is 0 Å². The smallest absolute Gasteiger partial charge is 0.168 e. The highest BCUT2D eigenvalue weighted by atomic mass is 32.1. The van der Waals surface area contributed by atoms with Crippen molar-refractivity contribution < 1.29 is 0 Å². The normalized spacial score (nSPS) is 10.8. The molecule has 1 heterocycles. The van der Waals surface area contributed by atoms with Crippen LogP contribution in [0.25, 0.3) is 11.3 Å². The second kappa shape index (κ2) is 5.27. The van der Waals surface area contributed by atoms with Crippen LogP contribution in [0, 0.1) is 0 Å². The Bertz CT molecular complexity index is 474. The summed E-state index contributed by atoms with van der Waals surface area (Å²) in [6.45, 7) is 7.32. The van der Waals surface area contributed by atoms with E-state index in [2.05, 4.69) is 59.1 Å². The van der Waals surface area contributed by atoms with Gasteiger partial charge in [-0.25, -0.2) is 0 Å². The van der Waals surface area contributed by atoms with E-state index >= 15 is 0 Å². The highest BCUT2D eigenvalue weighted by Gasteiger charge is 2.09. The number of nitrogens with zero attached hydrogens (tertiary/aromatic N) is 2. The van der Waals surface area contributed by atoms with Crippen LogP contribution >= 0.6 is 11.7 Å². The minimum absolute atomic E-state index is 0.561. The molecule has 0 radical (unpaired) electrons. The molecule has 1 N–H and O–H groups in total. The number of nitrogens with one attached hydrogen (secondary N) is 1. The maximum atomic E-state index is 4.35. The van der Waals surface area contributed by atoms with Crippen molar-refractivity contribution in [3.05, 3.63) is 29.8 Å². The van der Waals surface area contributed by atoms with Gasteiger partial charge in [0.15, 0.2) is 5.82 Å². The Balaban J connectivity index is 2.30. The van der Waals surface area contributed by atoms with Crippen LogP contribution in [0.15, 0.2) is 24.3 Å². The molecular formula is C13H17N3S. The van der Waals surface area contributed by atoms with Gasteiger partial charge in [0.1, 0.15) is 5.69 Å². The van der Waals surface area contributed by atoms with Gasteiger partial charge in [-0.05, 0) is 18.4 Å². The minimum Gasteiger partial charge on any atom is -0.368 e. The first-order chi connectivity index (χ1) is 8.22. The van der Waals surface area contributed by atoms with E-state index in [1.165, 1.54) is 17.3 Å². The molecule has 0 bridgehead atoms. The third-order valence-electron chi connectivity index (χ3n) is 2.68. The van der Waals surface area contributed by atoms with Crippen LogP contribution in [0.4, 0.5) is 5.82 Å². The van der Waals surface area contributed by atoms with E-state index in [4.69, 9.17) is 0 Å². The summed E-state index contributed by atoms with van der Waals surface area (Å²) in [5, 5.41) is 3.23. The maximum Gasteiger partial charge on any atom is 0.168 e. The molecule has 1 aromatic heterocycles. The minimum atomic E-state index is 0.561. The molecular weight excluding hydrogens is 230 g/mol. The zero-order chi connectivity index (χ0) is 12.3. The van der Waals surface area contributed by atoms with Gasteiger partial charge >= 0.3 is 0 Å². The lowest BCUT2D eigenvalue weighted by molar-refractivity contribution is 0.867. The van der Waals surface area contributed by atoms with Crippen molar-refractivity contribution in [1.29, 1.82) is 0 Å². The fourth-order valence-electron chi connectivity index (χ4n) is 1.69. The Kier molecular flexibility index (Phi) is 3.74. The molecule has 0 aliphatic heterocycles. The van der Waals surface area contributed by atoms with E-state index in [1.807, 2.05) is 0 Å². The quantitative estimate of drug-likeness (QED) is 0.894. The van der Waals surface area contributed by atoms with Crippen LogP contribution in [0.5, 0.6) is 0 Å². The largest absolute Gasteiger partial charge is 0.368 e. The first kappa shape index (κ1) is 12.0. The van der Waals surface area contributed by atoms with E-state index < -0.39 is 0 Å². The summed E-state index contributed by atoms with van der Waals surface area (Å²) in [6, 6.07) is 8.56. The summed E-state index contributed by atoms with van der Waals surface area (Å²) in [4.78, 5) is 0. The van der Waals surface area contributed by atoms with Gasteiger partial charge in [-0.2, -0.15) is 8.75 Å². The van der Waals surface area contributed by atoms with Crippen molar-refractivity contribution in [3.63, 3.8) is 0 Å². The van der Waals surface area contributed by atoms with Crippen LogP contribution in [-0.2, 0) is 0 Å². The fourth-order valence-corrected chi connectivity index (χ4v) is 2.23. The number of benzene rings is 1. The molecule has 2 rings (SSSR count). The van der Waals surface area contributed by atoms with Crippen molar-refractivity contribution in [1.82, 2.24) is 8.75 Å². The predicted octanol–water partition coefficient (Wildman–Crippen LogP) is 3.76. The van der Waals surface area contributed by atoms with Gasteiger partial charge in [-0.1, -0.05) is 38.1 Å². The van der Waals surface area contributed by atoms with Crippen molar-refractivity contribution in [2.75, 3.05) is 11.9 Å². The molecule has 0 aliphatic rings. The summed E-state index contributed by atoms with van der Waals surface area (Å²) in [6.07, 6.45) is 0. The highest BCUT2D eigenvalue weighted by Crippen LogP contribution is 2.27. The Morgan fingerprint density at radius 2 is 1.88 bits per heavy atom. The van der Waals surface area contributed by atoms with Crippen LogP contribution in [-0.4, -0.2) is 15.3 Å². The molecule has 0 amide bonds. The van der Waals surface area contributed by atoms with Crippen molar-refractivity contribution >= 4 is 17.5 Å². The third kappa shape index (κ3) is 2.64. The number of hydrogen-bond acceptors (Lipinski definition) is 4. The SMILES string of the molecule is CCNc1nsnc1-c1ccc(C(C)C)cc1. The first-order valence-electron chi connectivity index (χ1n) is 5.89. The molecule has 90 valence electrons. The van der Waals surface area contributed by atoms with Crippen LogP contribution in [0.1, 0.15) is 32.3 Å². The van der Waals surface area contributed by atoms with Gasteiger partial charge in [-0.15, -0.1) is 0 Å². The predicted molar refractivity (Wildman–Crippen MR) is 73.6 cm³/mol. The van der Waals surface area contributed by atoms with Crippen LogP contribution < -0.4 is 5.32 Å². The molecule has 3 nitrogen and oxygen atoms in total. The van der Waals surface area contributed by atoms with Gasteiger partial charge in [0, 0.05) is 12.1 Å². The molecule has 0 spiro atoms. The molecule has 4 heteroatoms. The molecule has 0 saturated heterocycles. The zero-order valence-electron chi connectivity index (χ0n) is 10.4. The Labute approximate surface area is 106 Å². The third-order valence-corrected chi connectivity index (χ3v) is 3.21. The Morgan fingerprint density at radius 1 is 1.18 bits per heavy atom. The summed E-state index contributed by atoms with van der Waals surface area (Å²) in [5.41, 5.74) is 3.42. The number of hydrogen-bond donors (Lipinski definition) is 1. The number of aromatic nitrogens is 2. The van der Waals surface area contributed by atoms with Crippen molar-refractivity contribution in [2.24, 2.45) is 0 Å². The maximum absolute atomic E-state index is 4.35. The molecule has 0 unspecified atom stereocenters. The molecule has 1 aromatic carbocycles. The average molecular weight is 247 g/mol. The van der Waals surface area contributed by atoms with Crippen molar-refractivity contribution in [3.8, 4) is 11.3 Å². The number of rotatable bonds is 4. The van der Waals surface area contributed by atoms with Gasteiger partial charge < -0.3 is 5.32 Å². The van der Waals surface area contributed by atoms with E-state index in [-0.39, 0.29) is 0 Å².